The number of rotatable bonds is 3. The maximum absolute atomic E-state index is 13.4. The van der Waals surface area contributed by atoms with Crippen LogP contribution in [0.4, 0.5) is 5.69 Å². The zero-order chi connectivity index (χ0) is 21.7. The molecule has 1 amide bonds. The number of carbonyl (C=O) groups is 1. The van der Waals surface area contributed by atoms with Crippen molar-refractivity contribution in [3.05, 3.63) is 101 Å². The van der Waals surface area contributed by atoms with Gasteiger partial charge in [0.1, 0.15) is 0 Å². The van der Waals surface area contributed by atoms with Gasteiger partial charge in [0.2, 0.25) is 0 Å². The highest BCUT2D eigenvalue weighted by molar-refractivity contribution is 6.30. The summed E-state index contributed by atoms with van der Waals surface area (Å²) in [7, 11) is 2.10. The van der Waals surface area contributed by atoms with Crippen molar-refractivity contribution in [1.82, 2.24) is 4.57 Å². The second kappa shape index (κ2) is 7.44. The molecule has 0 saturated heterocycles. The molecule has 1 aromatic heterocycles. The maximum atomic E-state index is 13.4. The Morgan fingerprint density at radius 1 is 0.839 bits per heavy atom. The molecular formula is C27H23ClN2O. The number of hydrogen-bond donors (Lipinski definition) is 0. The summed E-state index contributed by atoms with van der Waals surface area (Å²) in [6, 6.07) is 26.2. The Balaban J connectivity index is 1.83. The Kier molecular flexibility index (Phi) is 4.71. The van der Waals surface area contributed by atoms with Crippen LogP contribution < -0.4 is 4.90 Å². The molecule has 5 rings (SSSR count). The van der Waals surface area contributed by atoms with E-state index in [4.69, 9.17) is 11.6 Å². The van der Waals surface area contributed by atoms with E-state index in [9.17, 15) is 4.79 Å². The van der Waals surface area contributed by atoms with E-state index in [0.717, 1.165) is 44.6 Å². The van der Waals surface area contributed by atoms with Gasteiger partial charge in [-0.05, 0) is 55.3 Å². The molecule has 0 spiro atoms. The number of para-hydroxylation sites is 1. The highest BCUT2D eigenvalue weighted by atomic mass is 35.5. The lowest BCUT2D eigenvalue weighted by molar-refractivity contribution is -0.114. The van der Waals surface area contributed by atoms with Crippen LogP contribution in [0.2, 0.25) is 5.02 Å². The number of aromatic nitrogens is 1. The monoisotopic (exact) mass is 426 g/mol. The fourth-order valence-electron chi connectivity index (χ4n) is 4.72. The quantitative estimate of drug-likeness (QED) is 0.349. The van der Waals surface area contributed by atoms with Gasteiger partial charge in [0, 0.05) is 39.8 Å². The summed E-state index contributed by atoms with van der Waals surface area (Å²) in [5.41, 5.74) is 7.30. The van der Waals surface area contributed by atoms with Crippen molar-refractivity contribution in [3.63, 3.8) is 0 Å². The molecule has 1 aliphatic rings. The van der Waals surface area contributed by atoms with E-state index in [-0.39, 0.29) is 11.9 Å². The first-order chi connectivity index (χ1) is 15.0. The second-order valence-corrected chi connectivity index (χ2v) is 8.50. The van der Waals surface area contributed by atoms with Crippen LogP contribution in [-0.4, -0.2) is 10.5 Å². The molecule has 0 N–H and O–H groups in total. The Morgan fingerprint density at radius 3 is 2.19 bits per heavy atom. The van der Waals surface area contributed by atoms with Crippen molar-refractivity contribution in [3.8, 4) is 11.3 Å². The van der Waals surface area contributed by atoms with Crippen molar-refractivity contribution in [2.45, 2.75) is 19.9 Å². The Hall–Kier alpha value is -3.30. The number of nitrogens with zero attached hydrogens (tertiary/aromatic N) is 2. The minimum Gasteiger partial charge on any atom is -0.343 e. The number of hydrogen-bond acceptors (Lipinski definition) is 1. The number of amides is 1. The minimum atomic E-state index is -0.185. The number of carbonyl (C=O) groups excluding carboxylic acids is 1. The third-order valence-corrected chi connectivity index (χ3v) is 6.62. The van der Waals surface area contributed by atoms with E-state index in [1.54, 1.807) is 0 Å². The van der Waals surface area contributed by atoms with E-state index in [0.29, 0.717) is 5.02 Å². The Labute approximate surface area is 187 Å². The van der Waals surface area contributed by atoms with Gasteiger partial charge < -0.3 is 4.57 Å². The number of anilines is 1. The molecule has 154 valence electrons. The van der Waals surface area contributed by atoms with Gasteiger partial charge in [-0.2, -0.15) is 0 Å². The van der Waals surface area contributed by atoms with Gasteiger partial charge in [0.15, 0.2) is 0 Å². The number of fused-ring (bicyclic) bond motifs is 1. The summed E-state index contributed by atoms with van der Waals surface area (Å²) in [4.78, 5) is 15.3. The number of halogens is 1. The van der Waals surface area contributed by atoms with Gasteiger partial charge >= 0.3 is 0 Å². The molecular weight excluding hydrogens is 404 g/mol. The van der Waals surface area contributed by atoms with E-state index in [1.807, 2.05) is 42.2 Å². The molecule has 4 heteroatoms. The van der Waals surface area contributed by atoms with Gasteiger partial charge in [0.05, 0.1) is 11.7 Å². The van der Waals surface area contributed by atoms with Crippen LogP contribution in [0, 0.1) is 0 Å². The summed E-state index contributed by atoms with van der Waals surface area (Å²) in [5.74, 6) is 0.0387. The molecule has 0 bridgehead atoms. The fraction of sp³-hybridized carbons (Fsp3) is 0.148. The lowest BCUT2D eigenvalue weighted by atomic mass is 9.93. The summed E-state index contributed by atoms with van der Waals surface area (Å²) in [6.45, 7) is 4.00. The van der Waals surface area contributed by atoms with Crippen LogP contribution in [-0.2, 0) is 11.8 Å². The minimum absolute atomic E-state index is 0.0387. The highest BCUT2D eigenvalue weighted by Crippen LogP contribution is 2.47. The molecule has 3 aromatic carbocycles. The Bertz CT molecular complexity index is 1330. The molecule has 3 nitrogen and oxygen atoms in total. The average molecular weight is 427 g/mol. The summed E-state index contributed by atoms with van der Waals surface area (Å²) < 4.78 is 2.24. The first kappa shape index (κ1) is 19.7. The number of aryl methyl sites for hydroxylation is 1. The third kappa shape index (κ3) is 3.00. The molecule has 0 aliphatic carbocycles. The van der Waals surface area contributed by atoms with E-state index < -0.39 is 0 Å². The summed E-state index contributed by atoms with van der Waals surface area (Å²) in [5, 5.41) is 1.82. The van der Waals surface area contributed by atoms with Crippen LogP contribution in [0.1, 0.15) is 25.5 Å². The van der Waals surface area contributed by atoms with Crippen molar-refractivity contribution >= 4 is 34.1 Å². The van der Waals surface area contributed by atoms with Crippen molar-refractivity contribution < 1.29 is 4.79 Å². The van der Waals surface area contributed by atoms with Gasteiger partial charge in [-0.15, -0.1) is 0 Å². The van der Waals surface area contributed by atoms with Crippen LogP contribution in [0.5, 0.6) is 0 Å². The number of benzene rings is 3. The van der Waals surface area contributed by atoms with Crippen molar-refractivity contribution in [1.29, 1.82) is 0 Å². The van der Waals surface area contributed by atoms with Crippen LogP contribution in [0.3, 0.4) is 0 Å². The fourth-order valence-corrected chi connectivity index (χ4v) is 4.85. The largest absolute Gasteiger partial charge is 0.343 e. The zero-order valence-corrected chi connectivity index (χ0v) is 18.5. The standard InChI is InChI=1S/C27H23ClN2O/c1-17-18(2)27(31)30(21-15-13-20(28)14-16-21)25(17)24-22-11-7-8-12-23(22)29(3)26(24)19-9-5-4-6-10-19/h4-16,25H,1-3H3. The maximum Gasteiger partial charge on any atom is 0.254 e. The van der Waals surface area contributed by atoms with Crippen molar-refractivity contribution in [2.24, 2.45) is 7.05 Å². The Morgan fingerprint density at radius 2 is 1.48 bits per heavy atom. The molecule has 2 heterocycles. The molecule has 0 saturated carbocycles. The topological polar surface area (TPSA) is 25.2 Å². The van der Waals surface area contributed by atoms with Crippen LogP contribution in [0.25, 0.3) is 22.2 Å². The molecule has 1 atom stereocenters. The summed E-state index contributed by atoms with van der Waals surface area (Å²) in [6.07, 6.45) is 0. The zero-order valence-electron chi connectivity index (χ0n) is 17.8. The van der Waals surface area contributed by atoms with Gasteiger partial charge in [0.25, 0.3) is 5.91 Å². The predicted octanol–water partition coefficient (Wildman–Crippen LogP) is 6.92. The highest BCUT2D eigenvalue weighted by Gasteiger charge is 2.40. The smallest absolute Gasteiger partial charge is 0.254 e. The SMILES string of the molecule is CC1=C(C)C(c2c(-c3ccccc3)n(C)c3ccccc23)N(c2ccc(Cl)cc2)C1=O. The second-order valence-electron chi connectivity index (χ2n) is 8.07. The van der Waals surface area contributed by atoms with Gasteiger partial charge in [-0.3, -0.25) is 9.69 Å². The first-order valence-electron chi connectivity index (χ1n) is 10.4. The van der Waals surface area contributed by atoms with E-state index in [1.165, 1.54) is 0 Å². The van der Waals surface area contributed by atoms with Gasteiger partial charge in [-0.1, -0.05) is 60.1 Å². The lowest BCUT2D eigenvalue weighted by Gasteiger charge is -2.28. The molecule has 0 radical (unpaired) electrons. The van der Waals surface area contributed by atoms with Crippen LogP contribution >= 0.6 is 11.6 Å². The summed E-state index contributed by atoms with van der Waals surface area (Å²) >= 11 is 6.13. The lowest BCUT2D eigenvalue weighted by Crippen LogP contribution is -2.30. The normalized spacial score (nSPS) is 16.6. The average Bonchev–Trinajstić information content (AvgIpc) is 3.21. The molecule has 0 fully saturated rings. The molecule has 1 unspecified atom stereocenters. The molecule has 31 heavy (non-hydrogen) atoms. The molecule has 4 aromatic rings. The predicted molar refractivity (Wildman–Crippen MR) is 128 cm³/mol. The van der Waals surface area contributed by atoms with Gasteiger partial charge in [-0.25, -0.2) is 0 Å². The first-order valence-corrected chi connectivity index (χ1v) is 10.8. The van der Waals surface area contributed by atoms with E-state index in [2.05, 4.69) is 67.1 Å². The van der Waals surface area contributed by atoms with Crippen molar-refractivity contribution in [2.75, 3.05) is 4.90 Å². The third-order valence-electron chi connectivity index (χ3n) is 6.37. The van der Waals surface area contributed by atoms with E-state index >= 15 is 0 Å². The van der Waals surface area contributed by atoms with Crippen LogP contribution in [0.15, 0.2) is 90.0 Å². The molecule has 1 aliphatic heterocycles.